The molecular weight excluding hydrogens is 314 g/mol. The molecule has 3 rings (SSSR count). The monoisotopic (exact) mass is 333 g/mol. The first-order chi connectivity index (χ1) is 11.4. The molecule has 24 heavy (non-hydrogen) atoms. The lowest BCUT2D eigenvalue weighted by atomic mass is 10.2. The second-order valence-corrected chi connectivity index (χ2v) is 5.79. The van der Waals surface area contributed by atoms with Crippen molar-refractivity contribution in [2.24, 2.45) is 0 Å². The molecule has 0 aliphatic carbocycles. The molecule has 0 amide bonds. The predicted molar refractivity (Wildman–Crippen MR) is 86.9 cm³/mol. The molecule has 8 heteroatoms. The van der Waals surface area contributed by atoms with Crippen LogP contribution in [0.3, 0.4) is 0 Å². The van der Waals surface area contributed by atoms with Crippen molar-refractivity contribution in [1.82, 2.24) is 9.55 Å². The van der Waals surface area contributed by atoms with Gasteiger partial charge in [0.1, 0.15) is 24.7 Å². The van der Waals surface area contributed by atoms with E-state index in [0.717, 1.165) is 0 Å². The van der Waals surface area contributed by atoms with Gasteiger partial charge < -0.3 is 20.3 Å². The topological polar surface area (TPSA) is 120 Å². The van der Waals surface area contributed by atoms with Crippen LogP contribution in [0.15, 0.2) is 40.1 Å². The number of nitrogens with two attached hydrogens (primary N) is 1. The van der Waals surface area contributed by atoms with Crippen LogP contribution < -0.4 is 21.7 Å². The van der Waals surface area contributed by atoms with Crippen molar-refractivity contribution >= 4 is 5.69 Å². The Balaban J connectivity index is 1.68. The number of H-pyrrole nitrogens is 1. The van der Waals surface area contributed by atoms with Crippen LogP contribution in [0.1, 0.15) is 18.2 Å². The molecule has 0 spiro atoms. The third-order valence-electron chi connectivity index (χ3n) is 3.95. The van der Waals surface area contributed by atoms with Gasteiger partial charge in [-0.2, -0.15) is 0 Å². The van der Waals surface area contributed by atoms with E-state index in [1.165, 1.54) is 10.8 Å². The number of rotatable bonds is 4. The highest BCUT2D eigenvalue weighted by Crippen LogP contribution is 2.28. The van der Waals surface area contributed by atoms with E-state index in [1.807, 2.05) is 0 Å². The molecule has 0 bridgehead atoms. The summed E-state index contributed by atoms with van der Waals surface area (Å²) in [5.74, 6) is 0.612. The molecule has 1 aromatic carbocycles. The number of aliphatic hydroxyl groups excluding tert-OH is 1. The number of anilines is 1. The Labute approximate surface area is 137 Å². The molecule has 2 aromatic rings. The van der Waals surface area contributed by atoms with Gasteiger partial charge in [0, 0.05) is 23.9 Å². The van der Waals surface area contributed by atoms with E-state index in [4.69, 9.17) is 15.2 Å². The van der Waals surface area contributed by atoms with Crippen LogP contribution in [0.25, 0.3) is 0 Å². The molecule has 0 unspecified atom stereocenters. The zero-order valence-electron chi connectivity index (χ0n) is 13.1. The lowest BCUT2D eigenvalue weighted by molar-refractivity contribution is -0.0410. The fourth-order valence-electron chi connectivity index (χ4n) is 2.58. The maximum Gasteiger partial charge on any atom is 0.330 e. The Bertz CT molecular complexity index is 827. The number of nitrogens with zero attached hydrogens (tertiary/aromatic N) is 1. The first kappa shape index (κ1) is 16.3. The number of aromatic amines is 1. The Kier molecular flexibility index (Phi) is 4.41. The van der Waals surface area contributed by atoms with Crippen molar-refractivity contribution < 1.29 is 14.6 Å². The maximum absolute atomic E-state index is 11.9. The van der Waals surface area contributed by atoms with Gasteiger partial charge in [-0.15, -0.1) is 0 Å². The molecule has 128 valence electrons. The zero-order valence-corrected chi connectivity index (χ0v) is 13.1. The Morgan fingerprint density at radius 1 is 1.38 bits per heavy atom. The van der Waals surface area contributed by atoms with Gasteiger partial charge in [-0.25, -0.2) is 4.79 Å². The smallest absolute Gasteiger partial charge is 0.330 e. The summed E-state index contributed by atoms with van der Waals surface area (Å²) in [7, 11) is 0. The van der Waals surface area contributed by atoms with Gasteiger partial charge in [0.2, 0.25) is 0 Å². The number of benzene rings is 1. The van der Waals surface area contributed by atoms with Crippen LogP contribution in [-0.2, 0) is 4.74 Å². The largest absolute Gasteiger partial charge is 0.491 e. The third kappa shape index (κ3) is 3.34. The highest BCUT2D eigenvalue weighted by Gasteiger charge is 2.36. The number of aliphatic hydroxyl groups is 1. The minimum atomic E-state index is -0.775. The summed E-state index contributed by atoms with van der Waals surface area (Å²) < 4.78 is 12.6. The van der Waals surface area contributed by atoms with E-state index < -0.39 is 29.7 Å². The molecule has 1 aliphatic heterocycles. The second kappa shape index (κ2) is 6.50. The van der Waals surface area contributed by atoms with Crippen LogP contribution in [0, 0.1) is 6.92 Å². The molecule has 1 fully saturated rings. The maximum atomic E-state index is 11.9. The fraction of sp³-hybridized carbons (Fsp3) is 0.375. The minimum Gasteiger partial charge on any atom is -0.491 e. The van der Waals surface area contributed by atoms with Gasteiger partial charge in [-0.1, -0.05) is 0 Å². The summed E-state index contributed by atoms with van der Waals surface area (Å²) in [6.07, 6.45) is -0.333. The zero-order chi connectivity index (χ0) is 17.3. The van der Waals surface area contributed by atoms with Gasteiger partial charge in [-0.3, -0.25) is 14.3 Å². The number of nitrogen functional groups attached to an aromatic ring is 1. The van der Waals surface area contributed by atoms with Crippen molar-refractivity contribution in [3.8, 4) is 5.75 Å². The molecule has 3 atom stereocenters. The number of aromatic nitrogens is 2. The number of ether oxygens (including phenoxy) is 2. The standard InChI is InChI=1S/C16H19N3O5/c1-9-7-19(16(22)18-15(9)21)14-6-12(20)13(24-14)8-23-11-4-2-10(17)3-5-11/h2-5,7,12-14,20H,6,8,17H2,1H3,(H,18,21,22)/t12-,13+,14+/m0/s1. The van der Waals surface area contributed by atoms with Crippen molar-refractivity contribution in [1.29, 1.82) is 0 Å². The second-order valence-electron chi connectivity index (χ2n) is 5.79. The normalized spacial score (nSPS) is 23.3. The molecule has 1 aliphatic rings. The average Bonchev–Trinajstić information content (AvgIpc) is 2.91. The van der Waals surface area contributed by atoms with Gasteiger partial charge >= 0.3 is 5.69 Å². The average molecular weight is 333 g/mol. The van der Waals surface area contributed by atoms with Gasteiger partial charge in [0.25, 0.3) is 5.56 Å². The third-order valence-corrected chi connectivity index (χ3v) is 3.95. The SMILES string of the molecule is Cc1cn([C@H]2C[C@H](O)[C@@H](COc3ccc(N)cc3)O2)c(=O)[nH]c1=O. The summed E-state index contributed by atoms with van der Waals surface area (Å²) in [5, 5.41) is 10.1. The van der Waals surface area contributed by atoms with Gasteiger partial charge in [0.15, 0.2) is 0 Å². The molecule has 8 nitrogen and oxygen atoms in total. The highest BCUT2D eigenvalue weighted by atomic mass is 16.6. The molecule has 1 saturated heterocycles. The summed E-state index contributed by atoms with van der Waals surface area (Å²) in [5.41, 5.74) is 5.64. The van der Waals surface area contributed by atoms with Crippen molar-refractivity contribution in [2.45, 2.75) is 31.8 Å². The first-order valence-corrected chi connectivity index (χ1v) is 7.58. The molecule has 0 saturated carbocycles. The van der Waals surface area contributed by atoms with E-state index in [2.05, 4.69) is 4.98 Å². The predicted octanol–water partition coefficient (Wildman–Crippen LogP) is 0.155. The summed E-state index contributed by atoms with van der Waals surface area (Å²) in [4.78, 5) is 25.6. The fourth-order valence-corrected chi connectivity index (χ4v) is 2.58. The Hall–Kier alpha value is -2.58. The lowest BCUT2D eigenvalue weighted by Crippen LogP contribution is -2.33. The number of aryl methyl sites for hydroxylation is 1. The van der Waals surface area contributed by atoms with E-state index in [0.29, 0.717) is 17.0 Å². The molecule has 4 N–H and O–H groups in total. The van der Waals surface area contributed by atoms with Crippen LogP contribution in [0.4, 0.5) is 5.69 Å². The molecular formula is C16H19N3O5. The lowest BCUT2D eigenvalue weighted by Gasteiger charge is -2.17. The van der Waals surface area contributed by atoms with E-state index in [9.17, 15) is 14.7 Å². The van der Waals surface area contributed by atoms with Gasteiger partial charge in [-0.05, 0) is 31.2 Å². The molecule has 1 aromatic heterocycles. The molecule has 2 heterocycles. The van der Waals surface area contributed by atoms with E-state index in [1.54, 1.807) is 31.2 Å². The summed E-state index contributed by atoms with van der Waals surface area (Å²) >= 11 is 0. The van der Waals surface area contributed by atoms with E-state index >= 15 is 0 Å². The quantitative estimate of drug-likeness (QED) is 0.685. The van der Waals surface area contributed by atoms with E-state index in [-0.39, 0.29) is 13.0 Å². The number of hydrogen-bond acceptors (Lipinski definition) is 6. The highest BCUT2D eigenvalue weighted by molar-refractivity contribution is 5.41. The van der Waals surface area contributed by atoms with Crippen LogP contribution in [0.2, 0.25) is 0 Å². The van der Waals surface area contributed by atoms with Crippen LogP contribution in [0.5, 0.6) is 5.75 Å². The summed E-state index contributed by atoms with van der Waals surface area (Å²) in [6.45, 7) is 1.74. The van der Waals surface area contributed by atoms with Crippen LogP contribution in [-0.4, -0.2) is 33.5 Å². The van der Waals surface area contributed by atoms with Crippen LogP contribution >= 0.6 is 0 Å². The van der Waals surface area contributed by atoms with Crippen molar-refractivity contribution in [2.75, 3.05) is 12.3 Å². The Morgan fingerprint density at radius 3 is 2.79 bits per heavy atom. The van der Waals surface area contributed by atoms with Crippen molar-refractivity contribution in [3.05, 3.63) is 56.9 Å². The van der Waals surface area contributed by atoms with Gasteiger partial charge in [0.05, 0.1) is 6.10 Å². The van der Waals surface area contributed by atoms with Crippen molar-refractivity contribution in [3.63, 3.8) is 0 Å². The molecule has 0 radical (unpaired) electrons. The minimum absolute atomic E-state index is 0.138. The summed E-state index contributed by atoms with van der Waals surface area (Å²) in [6, 6.07) is 6.88. The number of nitrogens with one attached hydrogen (secondary N) is 1. The Morgan fingerprint density at radius 2 is 2.08 bits per heavy atom. The number of hydrogen-bond donors (Lipinski definition) is 3. The first-order valence-electron chi connectivity index (χ1n) is 7.58.